The Morgan fingerprint density at radius 1 is 0.647 bits per heavy atom. The smallest absolute Gasteiger partial charge is 0.416 e. The third kappa shape index (κ3) is 10.7. The standard InChI is InChI=1S/C76H72F3N3O3/c1-5-6-8-11-50-14-16-51(17-15-50)52-18-20-53(21-19-52)54-22-24-56(25-23-54)73(83)80-61-32-26-55(27-33-61)57-28-41-69-68(48-57)70-65-40-31-60(76(77,78)79)49-67(65)72-66(71(70)74(69,2)3)42-43-75(85-72,58-12-9-7-10-13-58)59-29-34-62(35-30-59)81-44-46-82(47-45-81)63-36-38-64(84-4)39-37-63/h7,9-10,12-13,18-43,48-51H,5-6,8,11,14-17,44-47H2,1-4H3,(H,80,83)/t50-,51-,75?. The molecule has 9 aromatic rings. The summed E-state index contributed by atoms with van der Waals surface area (Å²) in [6.45, 7) is 10.1. The number of unbranched alkanes of at least 4 members (excludes halogenated alkanes) is 2. The number of carbonyl (C=O) groups excluding carboxylic acids is 1. The Morgan fingerprint density at radius 2 is 1.25 bits per heavy atom. The van der Waals surface area contributed by atoms with Crippen molar-refractivity contribution < 1.29 is 27.4 Å². The first-order valence-electron chi connectivity index (χ1n) is 30.4. The van der Waals surface area contributed by atoms with Crippen molar-refractivity contribution in [2.24, 2.45) is 5.92 Å². The topological polar surface area (TPSA) is 54.0 Å². The number of hydrogen-bond acceptors (Lipinski definition) is 5. The van der Waals surface area contributed by atoms with Gasteiger partial charge in [0.25, 0.3) is 5.91 Å². The number of alkyl halides is 3. The van der Waals surface area contributed by atoms with Gasteiger partial charge in [0.2, 0.25) is 0 Å². The van der Waals surface area contributed by atoms with Crippen molar-refractivity contribution in [1.29, 1.82) is 0 Å². The summed E-state index contributed by atoms with van der Waals surface area (Å²) in [4.78, 5) is 18.4. The second-order valence-corrected chi connectivity index (χ2v) is 24.3. The molecule has 4 aliphatic rings. The Morgan fingerprint density at radius 3 is 1.88 bits per heavy atom. The van der Waals surface area contributed by atoms with Gasteiger partial charge in [0, 0.05) is 76.3 Å². The number of ether oxygens (including phenoxy) is 2. The highest BCUT2D eigenvalue weighted by molar-refractivity contribution is 6.09. The summed E-state index contributed by atoms with van der Waals surface area (Å²) < 4.78 is 57.5. The second-order valence-electron chi connectivity index (χ2n) is 24.3. The zero-order valence-electron chi connectivity index (χ0n) is 48.9. The van der Waals surface area contributed by atoms with Crippen LogP contribution in [-0.4, -0.2) is 39.2 Å². The van der Waals surface area contributed by atoms with E-state index in [0.29, 0.717) is 33.7 Å². The number of nitrogens with zero attached hydrogens (tertiary/aromatic N) is 2. The molecule has 2 aliphatic heterocycles. The number of carbonyl (C=O) groups is 1. The number of fused-ring (bicyclic) bond motifs is 8. The maximum absolute atomic E-state index is 14.9. The summed E-state index contributed by atoms with van der Waals surface area (Å²) in [5, 5.41) is 4.19. The minimum Gasteiger partial charge on any atom is -0.497 e. The molecular formula is C76H72F3N3O3. The Bertz CT molecular complexity index is 3920. The lowest BCUT2D eigenvalue weighted by atomic mass is 9.76. The summed E-state index contributed by atoms with van der Waals surface area (Å²) in [5.74, 6) is 2.60. The SMILES string of the molecule is CCCCC[C@H]1CC[C@H](c2ccc(-c3ccc(C(=O)Nc4ccc(-c5ccc6c(c5)-c5c(c7c(c8cc(C(F)(F)F)ccc58)OC(c5ccccc5)(c5ccc(N8CCN(c9ccc(OC)cc9)CC8)cc5)C=C7)C6(C)C)cc4)cc3)cc2)CC1. The van der Waals surface area contributed by atoms with Gasteiger partial charge in [-0.1, -0.05) is 162 Å². The molecule has 2 fully saturated rings. The molecule has 6 nitrogen and oxygen atoms in total. The van der Waals surface area contributed by atoms with Gasteiger partial charge in [-0.2, -0.15) is 13.2 Å². The van der Waals surface area contributed by atoms with E-state index in [1.807, 2.05) is 91.0 Å². The first kappa shape index (κ1) is 55.6. The summed E-state index contributed by atoms with van der Waals surface area (Å²) >= 11 is 0. The van der Waals surface area contributed by atoms with Crippen molar-refractivity contribution in [1.82, 2.24) is 0 Å². The predicted molar refractivity (Wildman–Crippen MR) is 341 cm³/mol. The van der Waals surface area contributed by atoms with E-state index >= 15 is 0 Å². The highest BCUT2D eigenvalue weighted by atomic mass is 19.4. The van der Waals surface area contributed by atoms with E-state index in [2.05, 4.69) is 127 Å². The lowest BCUT2D eigenvalue weighted by molar-refractivity contribution is -0.137. The lowest BCUT2D eigenvalue weighted by Crippen LogP contribution is -2.46. The van der Waals surface area contributed by atoms with E-state index in [1.165, 1.54) is 74.8 Å². The van der Waals surface area contributed by atoms with Crippen molar-refractivity contribution >= 4 is 39.8 Å². The molecule has 1 N–H and O–H groups in total. The van der Waals surface area contributed by atoms with Crippen LogP contribution in [0.25, 0.3) is 50.2 Å². The molecule has 1 saturated heterocycles. The number of rotatable bonds is 14. The van der Waals surface area contributed by atoms with E-state index in [0.717, 1.165) is 105 Å². The third-order valence-electron chi connectivity index (χ3n) is 18.9. The van der Waals surface area contributed by atoms with Gasteiger partial charge in [-0.3, -0.25) is 4.79 Å². The fourth-order valence-electron chi connectivity index (χ4n) is 14.1. The van der Waals surface area contributed by atoms with Crippen LogP contribution in [0.4, 0.5) is 30.2 Å². The van der Waals surface area contributed by atoms with Crippen LogP contribution in [-0.2, 0) is 17.2 Å². The highest BCUT2D eigenvalue weighted by Gasteiger charge is 2.45. The molecule has 1 saturated carbocycles. The van der Waals surface area contributed by atoms with Crippen LogP contribution in [0.5, 0.6) is 11.5 Å². The predicted octanol–water partition coefficient (Wildman–Crippen LogP) is 19.3. The van der Waals surface area contributed by atoms with Gasteiger partial charge in [0.1, 0.15) is 11.5 Å². The van der Waals surface area contributed by atoms with E-state index in [9.17, 15) is 18.0 Å². The first-order valence-corrected chi connectivity index (χ1v) is 30.4. The minimum atomic E-state index is -4.59. The van der Waals surface area contributed by atoms with Crippen LogP contribution in [0.15, 0.2) is 194 Å². The molecule has 0 aromatic heterocycles. The van der Waals surface area contributed by atoms with Crippen molar-refractivity contribution in [3.8, 4) is 44.9 Å². The summed E-state index contributed by atoms with van der Waals surface area (Å²) in [6, 6.07) is 61.8. The van der Waals surface area contributed by atoms with Gasteiger partial charge >= 0.3 is 6.18 Å². The van der Waals surface area contributed by atoms with Crippen molar-refractivity contribution in [3.63, 3.8) is 0 Å². The molecule has 1 unspecified atom stereocenters. The van der Waals surface area contributed by atoms with Crippen LogP contribution in [0.1, 0.15) is 127 Å². The molecule has 0 radical (unpaired) electrons. The van der Waals surface area contributed by atoms with Gasteiger partial charge in [-0.05, 0) is 178 Å². The Hall–Kier alpha value is -8.56. The van der Waals surface area contributed by atoms with Gasteiger partial charge in [0.15, 0.2) is 5.60 Å². The summed E-state index contributed by atoms with van der Waals surface area (Å²) in [6.07, 6.45) is 10.2. The molecule has 85 heavy (non-hydrogen) atoms. The molecule has 1 atom stereocenters. The Balaban J connectivity index is 0.755. The van der Waals surface area contributed by atoms with Crippen LogP contribution in [0.3, 0.4) is 0 Å². The second kappa shape index (κ2) is 22.8. The summed E-state index contributed by atoms with van der Waals surface area (Å²) in [7, 11) is 1.68. The lowest BCUT2D eigenvalue weighted by Gasteiger charge is -2.39. The van der Waals surface area contributed by atoms with Crippen LogP contribution in [0.2, 0.25) is 0 Å². The average molecular weight is 1130 g/mol. The number of amides is 1. The fourth-order valence-corrected chi connectivity index (χ4v) is 14.1. The average Bonchev–Trinajstić information content (AvgIpc) is 1.71. The van der Waals surface area contributed by atoms with Gasteiger partial charge < -0.3 is 24.6 Å². The Kier molecular flexibility index (Phi) is 14.9. The molecular weight excluding hydrogens is 1060 g/mol. The zero-order chi connectivity index (χ0) is 58.5. The number of hydrogen-bond donors (Lipinski definition) is 1. The molecule has 2 heterocycles. The van der Waals surface area contributed by atoms with E-state index in [-0.39, 0.29) is 5.91 Å². The van der Waals surface area contributed by atoms with Crippen LogP contribution >= 0.6 is 0 Å². The third-order valence-corrected chi connectivity index (χ3v) is 18.9. The molecule has 13 rings (SSSR count). The zero-order valence-corrected chi connectivity index (χ0v) is 48.9. The van der Waals surface area contributed by atoms with Gasteiger partial charge in [-0.15, -0.1) is 0 Å². The largest absolute Gasteiger partial charge is 0.497 e. The molecule has 430 valence electrons. The van der Waals surface area contributed by atoms with Gasteiger partial charge in [-0.25, -0.2) is 0 Å². The molecule has 0 bridgehead atoms. The molecule has 9 aromatic carbocycles. The van der Waals surface area contributed by atoms with E-state index in [1.54, 1.807) is 13.2 Å². The van der Waals surface area contributed by atoms with Crippen LogP contribution < -0.4 is 24.6 Å². The van der Waals surface area contributed by atoms with Gasteiger partial charge in [0.05, 0.1) is 12.7 Å². The van der Waals surface area contributed by atoms with E-state index < -0.39 is 22.8 Å². The number of anilines is 3. The molecule has 0 spiro atoms. The first-order chi connectivity index (χ1) is 41.3. The van der Waals surface area contributed by atoms with Crippen molar-refractivity contribution in [2.75, 3.05) is 48.4 Å². The fraction of sp³-hybridized carbons (Fsp3) is 0.276. The number of benzene rings is 9. The number of halogens is 3. The molecule has 9 heteroatoms. The molecule has 2 aliphatic carbocycles. The Labute approximate surface area is 498 Å². The number of piperazine rings is 1. The van der Waals surface area contributed by atoms with Crippen LogP contribution in [0, 0.1) is 5.92 Å². The van der Waals surface area contributed by atoms with E-state index in [4.69, 9.17) is 9.47 Å². The number of methoxy groups -OCH3 is 1. The maximum atomic E-state index is 14.9. The number of nitrogens with one attached hydrogen (secondary N) is 1. The maximum Gasteiger partial charge on any atom is 0.416 e. The summed E-state index contributed by atoms with van der Waals surface area (Å²) in [5.41, 5.74) is 13.0. The van der Waals surface area contributed by atoms with Crippen molar-refractivity contribution in [3.05, 3.63) is 239 Å². The quantitative estimate of drug-likeness (QED) is 0.110. The molecule has 1 amide bonds. The van der Waals surface area contributed by atoms with Crippen molar-refractivity contribution in [2.45, 2.75) is 95.2 Å². The highest BCUT2D eigenvalue weighted by Crippen LogP contribution is 2.59. The minimum absolute atomic E-state index is 0.191. The monoisotopic (exact) mass is 1130 g/mol. The normalized spacial score (nSPS) is 18.8.